The number of nitrogens with zero attached hydrogens (tertiary/aromatic N) is 2. The highest BCUT2D eigenvalue weighted by atomic mass is 32.1. The van der Waals surface area contributed by atoms with Crippen LogP contribution in [-0.2, 0) is 0 Å². The van der Waals surface area contributed by atoms with Gasteiger partial charge < -0.3 is 14.8 Å². The number of rotatable bonds is 5. The molecule has 6 nitrogen and oxygen atoms in total. The van der Waals surface area contributed by atoms with E-state index in [4.69, 9.17) is 9.47 Å². The van der Waals surface area contributed by atoms with Gasteiger partial charge in [-0.1, -0.05) is 11.3 Å². The standard InChI is InChI=1S/C17H21N3O3S2/c1-10-15(11-5-7-20(10)8-6-11)19-16(21)12-3-4-13(24-12)23-14-9-18-17(22-2)25-14/h3-4,9-11,15H,5-8H2,1-2H3,(H,19,21). The fraction of sp³-hybridized carbons (Fsp3) is 0.529. The van der Waals surface area contributed by atoms with E-state index in [-0.39, 0.29) is 11.9 Å². The molecule has 25 heavy (non-hydrogen) atoms. The van der Waals surface area contributed by atoms with Crippen LogP contribution in [0.5, 0.6) is 15.3 Å². The Morgan fingerprint density at radius 3 is 2.76 bits per heavy atom. The Bertz CT molecular complexity index is 750. The molecule has 3 aliphatic heterocycles. The number of fused-ring (bicyclic) bond motifs is 3. The molecule has 3 aliphatic rings. The van der Waals surface area contributed by atoms with Gasteiger partial charge in [0.15, 0.2) is 5.06 Å². The maximum absolute atomic E-state index is 12.6. The van der Waals surface area contributed by atoms with E-state index in [1.54, 1.807) is 13.3 Å². The SMILES string of the molecule is COc1ncc(Oc2ccc(C(=O)NC3C4CCN(CC4)C3C)s2)s1. The molecular formula is C17H21N3O3S2. The Morgan fingerprint density at radius 2 is 2.08 bits per heavy atom. The van der Waals surface area contributed by atoms with Crippen molar-refractivity contribution >= 4 is 28.6 Å². The van der Waals surface area contributed by atoms with Crippen molar-refractivity contribution in [1.82, 2.24) is 15.2 Å². The van der Waals surface area contributed by atoms with E-state index in [2.05, 4.69) is 22.1 Å². The van der Waals surface area contributed by atoms with Crippen molar-refractivity contribution in [3.8, 4) is 15.3 Å². The summed E-state index contributed by atoms with van der Waals surface area (Å²) in [6, 6.07) is 4.30. The predicted molar refractivity (Wildman–Crippen MR) is 98.1 cm³/mol. The van der Waals surface area contributed by atoms with Gasteiger partial charge in [0.25, 0.3) is 11.1 Å². The third-order valence-electron chi connectivity index (χ3n) is 5.12. The Kier molecular flexibility index (Phi) is 4.66. The Labute approximate surface area is 154 Å². The summed E-state index contributed by atoms with van der Waals surface area (Å²) in [7, 11) is 1.58. The number of carbonyl (C=O) groups is 1. The molecule has 2 unspecified atom stereocenters. The Morgan fingerprint density at radius 1 is 1.28 bits per heavy atom. The average molecular weight is 380 g/mol. The van der Waals surface area contributed by atoms with Gasteiger partial charge in [0.05, 0.1) is 18.2 Å². The zero-order valence-corrected chi connectivity index (χ0v) is 15.9. The van der Waals surface area contributed by atoms with Gasteiger partial charge in [0.2, 0.25) is 5.06 Å². The summed E-state index contributed by atoms with van der Waals surface area (Å²) in [6.45, 7) is 4.54. The molecule has 0 saturated carbocycles. The first-order chi connectivity index (χ1) is 12.1. The quantitative estimate of drug-likeness (QED) is 0.864. The summed E-state index contributed by atoms with van der Waals surface area (Å²) in [6.07, 6.45) is 3.99. The fourth-order valence-corrected chi connectivity index (χ4v) is 5.17. The summed E-state index contributed by atoms with van der Waals surface area (Å²) in [5, 5.41) is 5.14. The third kappa shape index (κ3) is 3.38. The summed E-state index contributed by atoms with van der Waals surface area (Å²) >= 11 is 2.68. The van der Waals surface area contributed by atoms with Crippen LogP contribution >= 0.6 is 22.7 Å². The van der Waals surface area contributed by atoms with Gasteiger partial charge in [0.1, 0.15) is 0 Å². The number of thiophene rings is 1. The number of thiazole rings is 1. The first-order valence-corrected chi connectivity index (χ1v) is 10.1. The number of piperidine rings is 3. The molecule has 0 spiro atoms. The minimum Gasteiger partial charge on any atom is -0.473 e. The normalized spacial score (nSPS) is 27.9. The lowest BCUT2D eigenvalue weighted by molar-refractivity contribution is 0.0218. The molecule has 2 atom stereocenters. The topological polar surface area (TPSA) is 63.7 Å². The number of aromatic nitrogens is 1. The van der Waals surface area contributed by atoms with Crippen molar-refractivity contribution in [2.75, 3.05) is 20.2 Å². The first-order valence-electron chi connectivity index (χ1n) is 8.46. The van der Waals surface area contributed by atoms with Crippen molar-refractivity contribution in [2.24, 2.45) is 5.92 Å². The van der Waals surface area contributed by atoms with Gasteiger partial charge in [0, 0.05) is 12.1 Å². The van der Waals surface area contributed by atoms with Crippen LogP contribution in [0, 0.1) is 5.92 Å². The number of carbonyl (C=O) groups excluding carboxylic acids is 1. The van der Waals surface area contributed by atoms with E-state index >= 15 is 0 Å². The van der Waals surface area contributed by atoms with Gasteiger partial charge in [-0.3, -0.25) is 9.69 Å². The Balaban J connectivity index is 1.40. The summed E-state index contributed by atoms with van der Waals surface area (Å²) in [4.78, 5) is 19.9. The molecule has 0 aliphatic carbocycles. The molecule has 2 aromatic heterocycles. The number of nitrogens with one attached hydrogen (secondary N) is 1. The van der Waals surface area contributed by atoms with Crippen molar-refractivity contribution in [3.05, 3.63) is 23.2 Å². The van der Waals surface area contributed by atoms with Crippen LogP contribution in [0.2, 0.25) is 0 Å². The highest BCUT2D eigenvalue weighted by molar-refractivity contribution is 7.16. The number of methoxy groups -OCH3 is 1. The second kappa shape index (κ2) is 6.93. The zero-order valence-electron chi connectivity index (χ0n) is 14.2. The van der Waals surface area contributed by atoms with Gasteiger partial charge >= 0.3 is 0 Å². The lowest BCUT2D eigenvalue weighted by Gasteiger charge is -2.49. The molecule has 5 heterocycles. The average Bonchev–Trinajstić information content (AvgIpc) is 3.28. The van der Waals surface area contributed by atoms with E-state index < -0.39 is 0 Å². The van der Waals surface area contributed by atoms with Crippen LogP contribution in [0.15, 0.2) is 18.3 Å². The lowest BCUT2D eigenvalue weighted by Crippen LogP contribution is -2.62. The molecule has 3 fully saturated rings. The van der Waals surface area contributed by atoms with Crippen molar-refractivity contribution in [3.63, 3.8) is 0 Å². The van der Waals surface area contributed by atoms with Gasteiger partial charge in [-0.2, -0.15) is 0 Å². The number of amides is 1. The summed E-state index contributed by atoms with van der Waals surface area (Å²) in [5.74, 6) is 0.594. The highest BCUT2D eigenvalue weighted by Gasteiger charge is 2.40. The van der Waals surface area contributed by atoms with Crippen LogP contribution in [0.4, 0.5) is 0 Å². The molecule has 0 radical (unpaired) electrons. The molecule has 0 aromatic carbocycles. The molecule has 2 bridgehead atoms. The smallest absolute Gasteiger partial charge is 0.276 e. The molecule has 8 heteroatoms. The molecule has 134 valence electrons. The van der Waals surface area contributed by atoms with Crippen molar-refractivity contribution in [1.29, 1.82) is 0 Å². The number of hydrogen-bond donors (Lipinski definition) is 1. The van der Waals surface area contributed by atoms with E-state index in [0.717, 1.165) is 13.1 Å². The van der Waals surface area contributed by atoms with E-state index in [1.807, 2.05) is 12.1 Å². The molecule has 1 amide bonds. The summed E-state index contributed by atoms with van der Waals surface area (Å²) < 4.78 is 10.8. The maximum atomic E-state index is 12.6. The zero-order chi connectivity index (χ0) is 17.4. The van der Waals surface area contributed by atoms with Crippen LogP contribution < -0.4 is 14.8 Å². The van der Waals surface area contributed by atoms with Crippen LogP contribution in [0.1, 0.15) is 29.4 Å². The second-order valence-electron chi connectivity index (χ2n) is 6.48. The van der Waals surface area contributed by atoms with E-state index in [0.29, 0.717) is 32.2 Å². The summed E-state index contributed by atoms with van der Waals surface area (Å²) in [5.41, 5.74) is 0. The van der Waals surface area contributed by atoms with Crippen molar-refractivity contribution < 1.29 is 14.3 Å². The maximum Gasteiger partial charge on any atom is 0.276 e. The lowest BCUT2D eigenvalue weighted by atomic mass is 9.79. The Hall–Kier alpha value is -1.64. The molecule has 1 N–H and O–H groups in total. The van der Waals surface area contributed by atoms with E-state index in [1.165, 1.54) is 35.5 Å². The highest BCUT2D eigenvalue weighted by Crippen LogP contribution is 2.36. The minimum atomic E-state index is -0.00710. The largest absolute Gasteiger partial charge is 0.473 e. The van der Waals surface area contributed by atoms with Crippen molar-refractivity contribution in [2.45, 2.75) is 31.8 Å². The number of ether oxygens (including phenoxy) is 2. The third-order valence-corrected chi connectivity index (χ3v) is 6.92. The second-order valence-corrected chi connectivity index (χ2v) is 8.49. The first kappa shape index (κ1) is 16.8. The predicted octanol–water partition coefficient (Wildman–Crippen LogP) is 3.22. The number of hydrogen-bond acceptors (Lipinski definition) is 7. The molecular weight excluding hydrogens is 358 g/mol. The monoisotopic (exact) mass is 379 g/mol. The van der Waals surface area contributed by atoms with E-state index in [9.17, 15) is 4.79 Å². The fourth-order valence-electron chi connectivity index (χ4n) is 3.75. The molecule has 5 rings (SSSR count). The van der Waals surface area contributed by atoms with Crippen LogP contribution in [0.25, 0.3) is 0 Å². The van der Waals surface area contributed by atoms with Crippen LogP contribution in [-0.4, -0.2) is 48.1 Å². The minimum absolute atomic E-state index is 0.00710. The van der Waals surface area contributed by atoms with Crippen LogP contribution in [0.3, 0.4) is 0 Å². The molecule has 2 aromatic rings. The van der Waals surface area contributed by atoms with Gasteiger partial charge in [-0.15, -0.1) is 0 Å². The van der Waals surface area contributed by atoms with Gasteiger partial charge in [-0.25, -0.2) is 4.98 Å². The molecule has 3 saturated heterocycles. The van der Waals surface area contributed by atoms with Gasteiger partial charge in [-0.05, 0) is 62.2 Å².